The van der Waals surface area contributed by atoms with Gasteiger partial charge in [0.25, 0.3) is 0 Å². The molecule has 0 fully saturated rings. The Bertz CT molecular complexity index is 683. The molecular weight excluding hydrogens is 278 g/mol. The van der Waals surface area contributed by atoms with E-state index in [1.807, 2.05) is 6.07 Å². The number of Topliss-reactive ketones (excluding diaryl/α,β-unsaturated/α-hetero) is 1. The summed E-state index contributed by atoms with van der Waals surface area (Å²) in [6.45, 7) is 3.74. The van der Waals surface area contributed by atoms with E-state index in [1.165, 1.54) is 11.3 Å². The number of rotatable bonds is 5. The van der Waals surface area contributed by atoms with Gasteiger partial charge >= 0.3 is 0 Å². The fourth-order valence-corrected chi connectivity index (χ4v) is 2.69. The Morgan fingerprint density at radius 3 is 2.90 bits per heavy atom. The number of nitriles is 1. The van der Waals surface area contributed by atoms with Gasteiger partial charge in [-0.25, -0.2) is 0 Å². The number of carbonyl (C=O) groups is 1. The molecule has 0 bridgehead atoms. The maximum Gasteiger partial charge on any atom is 0.245 e. The monoisotopic (exact) mass is 291 g/mol. The Morgan fingerprint density at radius 2 is 2.35 bits per heavy atom. The molecule has 0 saturated heterocycles. The number of thiophene rings is 1. The fourth-order valence-electron chi connectivity index (χ4n) is 1.61. The SMILES string of the molecule is CCC(=O)c1sc(NCc2nc(C)no2)c(C#N)c1N. The molecule has 104 valence electrons. The van der Waals surface area contributed by atoms with E-state index in [0.717, 1.165) is 0 Å². The van der Waals surface area contributed by atoms with Gasteiger partial charge in [-0.2, -0.15) is 10.2 Å². The van der Waals surface area contributed by atoms with Gasteiger partial charge in [0.1, 0.15) is 16.6 Å². The maximum atomic E-state index is 11.7. The standard InChI is InChI=1S/C12H13N5O2S/c1-3-8(18)11-10(14)7(4-13)12(20-11)15-5-9-16-6(2)17-19-9/h15H,3,5,14H2,1-2H3. The van der Waals surface area contributed by atoms with E-state index >= 15 is 0 Å². The molecule has 2 rings (SSSR count). The molecule has 0 aliphatic carbocycles. The van der Waals surface area contributed by atoms with Gasteiger partial charge in [-0.15, -0.1) is 11.3 Å². The van der Waals surface area contributed by atoms with Crippen LogP contribution in [0.4, 0.5) is 10.7 Å². The van der Waals surface area contributed by atoms with Gasteiger partial charge in [0.15, 0.2) is 11.6 Å². The van der Waals surface area contributed by atoms with Crippen molar-refractivity contribution < 1.29 is 9.32 Å². The summed E-state index contributed by atoms with van der Waals surface area (Å²) in [5.74, 6) is 0.863. The lowest BCUT2D eigenvalue weighted by Crippen LogP contribution is -2.00. The largest absolute Gasteiger partial charge is 0.396 e. The van der Waals surface area contributed by atoms with Crippen molar-refractivity contribution in [2.75, 3.05) is 11.1 Å². The molecule has 0 aliphatic heterocycles. The van der Waals surface area contributed by atoms with Crippen LogP contribution in [0.3, 0.4) is 0 Å². The van der Waals surface area contributed by atoms with Crippen LogP contribution in [0, 0.1) is 18.3 Å². The molecule has 7 nitrogen and oxygen atoms in total. The van der Waals surface area contributed by atoms with Crippen LogP contribution in [0.2, 0.25) is 0 Å². The third-order valence-electron chi connectivity index (χ3n) is 2.60. The van der Waals surface area contributed by atoms with Gasteiger partial charge in [-0.3, -0.25) is 4.79 Å². The third kappa shape index (κ3) is 2.62. The summed E-state index contributed by atoms with van der Waals surface area (Å²) >= 11 is 1.17. The van der Waals surface area contributed by atoms with Crippen LogP contribution in [-0.4, -0.2) is 15.9 Å². The van der Waals surface area contributed by atoms with Gasteiger partial charge in [-0.1, -0.05) is 12.1 Å². The second-order valence-corrected chi connectivity index (χ2v) is 5.05. The van der Waals surface area contributed by atoms with Crippen LogP contribution >= 0.6 is 11.3 Å². The first-order chi connectivity index (χ1) is 9.56. The zero-order valence-corrected chi connectivity index (χ0v) is 11.9. The predicted molar refractivity (Wildman–Crippen MR) is 74.4 cm³/mol. The average molecular weight is 291 g/mol. The summed E-state index contributed by atoms with van der Waals surface area (Å²) in [5.41, 5.74) is 6.35. The Labute approximate surface area is 119 Å². The van der Waals surface area contributed by atoms with E-state index in [0.29, 0.717) is 28.0 Å². The smallest absolute Gasteiger partial charge is 0.245 e. The molecule has 8 heteroatoms. The van der Waals surface area contributed by atoms with Crippen LogP contribution < -0.4 is 11.1 Å². The van der Waals surface area contributed by atoms with Gasteiger partial charge in [0, 0.05) is 6.42 Å². The minimum atomic E-state index is -0.0781. The van der Waals surface area contributed by atoms with Crippen molar-refractivity contribution in [3.63, 3.8) is 0 Å². The minimum Gasteiger partial charge on any atom is -0.396 e. The van der Waals surface area contributed by atoms with E-state index < -0.39 is 0 Å². The number of nitrogens with zero attached hydrogens (tertiary/aromatic N) is 3. The van der Waals surface area contributed by atoms with E-state index in [9.17, 15) is 4.79 Å². The third-order valence-corrected chi connectivity index (χ3v) is 3.81. The molecule has 2 aromatic heterocycles. The van der Waals surface area contributed by atoms with Gasteiger partial charge in [0.05, 0.1) is 17.1 Å². The second-order valence-electron chi connectivity index (χ2n) is 4.03. The molecule has 0 saturated carbocycles. The number of nitrogen functional groups attached to an aromatic ring is 1. The Morgan fingerprint density at radius 1 is 1.60 bits per heavy atom. The highest BCUT2D eigenvalue weighted by Crippen LogP contribution is 2.36. The molecule has 0 aromatic carbocycles. The number of aryl methyl sites for hydroxylation is 1. The van der Waals surface area contributed by atoms with Gasteiger partial charge < -0.3 is 15.6 Å². The zero-order chi connectivity index (χ0) is 14.7. The van der Waals surface area contributed by atoms with Gasteiger partial charge in [0.2, 0.25) is 5.89 Å². The van der Waals surface area contributed by atoms with Crippen molar-refractivity contribution in [2.24, 2.45) is 0 Å². The van der Waals surface area contributed by atoms with Crippen LogP contribution in [0.15, 0.2) is 4.52 Å². The van der Waals surface area contributed by atoms with Crippen molar-refractivity contribution in [3.8, 4) is 6.07 Å². The number of nitrogens with one attached hydrogen (secondary N) is 1. The molecular formula is C12H13N5O2S. The van der Waals surface area contributed by atoms with Crippen LogP contribution in [0.5, 0.6) is 0 Å². The number of ketones is 1. The molecule has 0 aliphatic rings. The number of carbonyl (C=O) groups excluding carboxylic acids is 1. The van der Waals surface area contributed by atoms with Crippen LogP contribution in [-0.2, 0) is 6.54 Å². The molecule has 20 heavy (non-hydrogen) atoms. The predicted octanol–water partition coefficient (Wildman–Crippen LogP) is 2.10. The Hall–Kier alpha value is -2.40. The quantitative estimate of drug-likeness (QED) is 0.810. The average Bonchev–Trinajstić information content (AvgIpc) is 2.99. The molecule has 0 radical (unpaired) electrons. The number of hydrogen-bond acceptors (Lipinski definition) is 8. The second kappa shape index (κ2) is 5.71. The normalized spacial score (nSPS) is 10.2. The summed E-state index contributed by atoms with van der Waals surface area (Å²) < 4.78 is 4.97. The highest BCUT2D eigenvalue weighted by atomic mass is 32.1. The lowest BCUT2D eigenvalue weighted by Gasteiger charge is -1.99. The van der Waals surface area contributed by atoms with E-state index in [1.54, 1.807) is 13.8 Å². The number of nitrogens with two attached hydrogens (primary N) is 1. The molecule has 2 aromatic rings. The first-order valence-electron chi connectivity index (χ1n) is 5.95. The summed E-state index contributed by atoms with van der Waals surface area (Å²) in [7, 11) is 0. The maximum absolute atomic E-state index is 11.7. The summed E-state index contributed by atoms with van der Waals surface area (Å²) in [6.07, 6.45) is 0.345. The Kier molecular flexibility index (Phi) is 4.00. The van der Waals surface area contributed by atoms with E-state index in [2.05, 4.69) is 15.5 Å². The number of aromatic nitrogens is 2. The summed E-state index contributed by atoms with van der Waals surface area (Å²) in [4.78, 5) is 16.2. The van der Waals surface area contributed by atoms with Crippen molar-refractivity contribution in [2.45, 2.75) is 26.8 Å². The van der Waals surface area contributed by atoms with Crippen molar-refractivity contribution >= 4 is 27.8 Å². The number of hydrogen-bond donors (Lipinski definition) is 2. The summed E-state index contributed by atoms with van der Waals surface area (Å²) in [5, 5.41) is 16.4. The topological polar surface area (TPSA) is 118 Å². The van der Waals surface area contributed by atoms with Gasteiger partial charge in [-0.05, 0) is 6.92 Å². The van der Waals surface area contributed by atoms with Crippen molar-refractivity contribution in [3.05, 3.63) is 22.2 Å². The van der Waals surface area contributed by atoms with Crippen LogP contribution in [0.1, 0.15) is 40.3 Å². The van der Waals surface area contributed by atoms with E-state index in [-0.39, 0.29) is 23.6 Å². The molecule has 0 atom stereocenters. The zero-order valence-electron chi connectivity index (χ0n) is 11.1. The fraction of sp³-hybridized carbons (Fsp3) is 0.333. The molecule has 3 N–H and O–H groups in total. The van der Waals surface area contributed by atoms with E-state index in [4.69, 9.17) is 15.5 Å². The highest BCUT2D eigenvalue weighted by Gasteiger charge is 2.20. The molecule has 0 amide bonds. The summed E-state index contributed by atoms with van der Waals surface area (Å²) in [6, 6.07) is 2.01. The number of anilines is 2. The molecule has 2 heterocycles. The lowest BCUT2D eigenvalue weighted by atomic mass is 10.2. The first-order valence-corrected chi connectivity index (χ1v) is 6.77. The highest BCUT2D eigenvalue weighted by molar-refractivity contribution is 7.19. The van der Waals surface area contributed by atoms with Crippen LogP contribution in [0.25, 0.3) is 0 Å². The van der Waals surface area contributed by atoms with Crippen molar-refractivity contribution in [1.82, 2.24) is 10.1 Å². The Balaban J connectivity index is 2.23. The lowest BCUT2D eigenvalue weighted by molar-refractivity contribution is 0.0993. The molecule has 0 spiro atoms. The van der Waals surface area contributed by atoms with Crippen molar-refractivity contribution in [1.29, 1.82) is 5.26 Å². The molecule has 0 unspecified atom stereocenters. The first kappa shape index (κ1) is 14.0. The minimum absolute atomic E-state index is 0.0781.